The number of aliphatic carboxylic acids is 1. The minimum absolute atomic E-state index is 0.176. The molecule has 4 nitrogen and oxygen atoms in total. The Labute approximate surface area is 139 Å². The first kappa shape index (κ1) is 18.7. The first-order chi connectivity index (χ1) is 11.2. The molecule has 1 fully saturated rings. The lowest BCUT2D eigenvalue weighted by molar-refractivity contribution is -0.145. The molecule has 1 heterocycles. The van der Waals surface area contributed by atoms with E-state index >= 15 is 0 Å². The Morgan fingerprint density at radius 3 is 2.33 bits per heavy atom. The van der Waals surface area contributed by atoms with Crippen molar-refractivity contribution in [1.29, 1.82) is 0 Å². The van der Waals surface area contributed by atoms with Gasteiger partial charge in [-0.3, -0.25) is 9.69 Å². The summed E-state index contributed by atoms with van der Waals surface area (Å²) in [6, 6.07) is 3.58. The molecule has 1 aromatic carbocycles. The molecule has 2 rings (SSSR count). The molecule has 24 heavy (non-hydrogen) atoms. The molecule has 0 saturated carbocycles. The Balaban J connectivity index is 2.15. The molecular weight excluding hydrogens is 321 g/mol. The summed E-state index contributed by atoms with van der Waals surface area (Å²) in [6.45, 7) is 7.68. The van der Waals surface area contributed by atoms with Gasteiger partial charge in [0, 0.05) is 32.7 Å². The smallest absolute Gasteiger partial charge is 0.416 e. The lowest BCUT2D eigenvalue weighted by Crippen LogP contribution is -2.50. The van der Waals surface area contributed by atoms with Crippen LogP contribution >= 0.6 is 0 Å². The van der Waals surface area contributed by atoms with Crippen LogP contribution in [-0.2, 0) is 11.0 Å². The monoisotopic (exact) mass is 344 g/mol. The van der Waals surface area contributed by atoms with E-state index in [4.69, 9.17) is 0 Å². The van der Waals surface area contributed by atoms with Crippen LogP contribution in [0.15, 0.2) is 24.3 Å². The molecule has 0 aromatic heterocycles. The minimum atomic E-state index is -4.48. The number of nitrogens with zero attached hydrogens (tertiary/aromatic N) is 2. The third kappa shape index (κ3) is 4.70. The predicted molar refractivity (Wildman–Crippen MR) is 84.7 cm³/mol. The van der Waals surface area contributed by atoms with Gasteiger partial charge in [-0.2, -0.15) is 13.2 Å². The topological polar surface area (TPSA) is 43.8 Å². The molecule has 0 radical (unpaired) electrons. The highest BCUT2D eigenvalue weighted by molar-refractivity contribution is 5.75. The fraction of sp³-hybridized carbons (Fsp3) is 0.588. The normalized spacial score (nSPS) is 18.8. The highest BCUT2D eigenvalue weighted by atomic mass is 19.4. The van der Waals surface area contributed by atoms with Crippen LogP contribution in [0.2, 0.25) is 0 Å². The molecule has 1 aliphatic heterocycles. The van der Waals surface area contributed by atoms with Gasteiger partial charge < -0.3 is 10.0 Å². The van der Waals surface area contributed by atoms with Gasteiger partial charge in [0.2, 0.25) is 0 Å². The van der Waals surface area contributed by atoms with Crippen molar-refractivity contribution in [3.05, 3.63) is 35.4 Å². The number of hydrogen-bond donors (Lipinski definition) is 1. The molecule has 0 bridgehead atoms. The second-order valence-corrected chi connectivity index (χ2v) is 6.59. The van der Waals surface area contributed by atoms with Gasteiger partial charge in [0.1, 0.15) is 6.04 Å². The summed E-state index contributed by atoms with van der Waals surface area (Å²) >= 11 is 0. The highest BCUT2D eigenvalue weighted by Crippen LogP contribution is 2.32. The number of benzene rings is 1. The molecule has 134 valence electrons. The van der Waals surface area contributed by atoms with Crippen molar-refractivity contribution >= 4 is 5.97 Å². The third-order valence-electron chi connectivity index (χ3n) is 4.16. The largest absolute Gasteiger partial charge is 0.480 e. The average molecular weight is 344 g/mol. The lowest BCUT2D eigenvalue weighted by atomic mass is 10.0. The van der Waals surface area contributed by atoms with E-state index in [-0.39, 0.29) is 5.56 Å². The number of carbonyl (C=O) groups is 1. The van der Waals surface area contributed by atoms with Crippen molar-refractivity contribution in [3.63, 3.8) is 0 Å². The molecule has 1 aliphatic rings. The summed E-state index contributed by atoms with van der Waals surface area (Å²) in [4.78, 5) is 15.7. The van der Waals surface area contributed by atoms with E-state index in [1.807, 2.05) is 0 Å². The minimum Gasteiger partial charge on any atom is -0.480 e. The first-order valence-corrected chi connectivity index (χ1v) is 8.05. The molecule has 1 unspecified atom stereocenters. The number of rotatable bonds is 5. The number of piperazine rings is 1. The third-order valence-corrected chi connectivity index (χ3v) is 4.16. The van der Waals surface area contributed by atoms with E-state index < -0.39 is 23.8 Å². The molecule has 1 aromatic rings. The number of alkyl halides is 3. The van der Waals surface area contributed by atoms with Gasteiger partial charge in [-0.1, -0.05) is 26.0 Å². The molecule has 0 spiro atoms. The van der Waals surface area contributed by atoms with E-state index in [1.165, 1.54) is 12.1 Å². The second-order valence-electron chi connectivity index (χ2n) is 6.59. The zero-order valence-corrected chi connectivity index (χ0v) is 13.9. The highest BCUT2D eigenvalue weighted by Gasteiger charge is 2.34. The number of carboxylic acids is 1. The van der Waals surface area contributed by atoms with Crippen LogP contribution in [0.5, 0.6) is 0 Å². The standard InChI is InChI=1S/C17H23F3N2O2/c1-12(2)11-21-6-8-22(9-7-21)15(16(23)24)13-4-3-5-14(10-13)17(18,19)20/h3-5,10,12,15H,6-9,11H2,1-2H3,(H,23,24). The van der Waals surface area contributed by atoms with Crippen LogP contribution in [0.25, 0.3) is 0 Å². The van der Waals surface area contributed by atoms with E-state index in [9.17, 15) is 23.1 Å². The van der Waals surface area contributed by atoms with E-state index in [0.29, 0.717) is 19.0 Å². The van der Waals surface area contributed by atoms with Gasteiger partial charge in [0.25, 0.3) is 0 Å². The van der Waals surface area contributed by atoms with Crippen molar-refractivity contribution in [2.24, 2.45) is 5.92 Å². The van der Waals surface area contributed by atoms with Crippen LogP contribution in [0.3, 0.4) is 0 Å². The van der Waals surface area contributed by atoms with E-state index in [0.717, 1.165) is 31.8 Å². The van der Waals surface area contributed by atoms with Crippen LogP contribution < -0.4 is 0 Å². The van der Waals surface area contributed by atoms with Crippen molar-refractivity contribution in [2.75, 3.05) is 32.7 Å². The average Bonchev–Trinajstić information content (AvgIpc) is 2.48. The van der Waals surface area contributed by atoms with E-state index in [2.05, 4.69) is 18.7 Å². The molecular formula is C17H23F3N2O2. The maximum atomic E-state index is 12.9. The van der Waals surface area contributed by atoms with Crippen LogP contribution in [0.4, 0.5) is 13.2 Å². The number of carboxylic acid groups (broad SMARTS) is 1. The zero-order chi connectivity index (χ0) is 17.9. The molecule has 1 atom stereocenters. The van der Waals surface area contributed by atoms with Gasteiger partial charge in [-0.15, -0.1) is 0 Å². The van der Waals surface area contributed by atoms with Gasteiger partial charge in [0.05, 0.1) is 5.56 Å². The maximum absolute atomic E-state index is 12.9. The molecule has 0 amide bonds. The summed E-state index contributed by atoms with van der Waals surface area (Å²) in [6.07, 6.45) is -4.48. The van der Waals surface area contributed by atoms with Crippen LogP contribution in [0, 0.1) is 5.92 Å². The number of halogens is 3. The Kier molecular flexibility index (Phi) is 5.87. The molecule has 1 saturated heterocycles. The Morgan fingerprint density at radius 2 is 1.83 bits per heavy atom. The first-order valence-electron chi connectivity index (χ1n) is 8.05. The van der Waals surface area contributed by atoms with Gasteiger partial charge in [0.15, 0.2) is 0 Å². The quantitative estimate of drug-likeness (QED) is 0.891. The summed E-state index contributed by atoms with van der Waals surface area (Å²) < 4.78 is 38.6. The zero-order valence-electron chi connectivity index (χ0n) is 13.9. The fourth-order valence-corrected chi connectivity index (χ4v) is 3.12. The van der Waals surface area contributed by atoms with E-state index in [1.54, 1.807) is 4.90 Å². The number of hydrogen-bond acceptors (Lipinski definition) is 3. The van der Waals surface area contributed by atoms with Gasteiger partial charge in [-0.05, 0) is 23.6 Å². The summed E-state index contributed by atoms with van der Waals surface area (Å²) in [5.74, 6) is -0.595. The van der Waals surface area contributed by atoms with Crippen molar-refractivity contribution in [3.8, 4) is 0 Å². The van der Waals surface area contributed by atoms with Crippen molar-refractivity contribution in [2.45, 2.75) is 26.1 Å². The van der Waals surface area contributed by atoms with Crippen molar-refractivity contribution in [1.82, 2.24) is 9.80 Å². The van der Waals surface area contributed by atoms with Crippen LogP contribution in [0.1, 0.15) is 31.0 Å². The predicted octanol–water partition coefficient (Wildman–Crippen LogP) is 3.10. The van der Waals surface area contributed by atoms with Gasteiger partial charge in [-0.25, -0.2) is 0 Å². The van der Waals surface area contributed by atoms with Crippen LogP contribution in [-0.4, -0.2) is 53.6 Å². The van der Waals surface area contributed by atoms with Gasteiger partial charge >= 0.3 is 12.1 Å². The summed E-state index contributed by atoms with van der Waals surface area (Å²) in [7, 11) is 0. The Hall–Kier alpha value is -1.60. The Morgan fingerprint density at radius 1 is 1.21 bits per heavy atom. The second kappa shape index (κ2) is 7.53. The van der Waals surface area contributed by atoms with Crippen molar-refractivity contribution < 1.29 is 23.1 Å². The molecule has 7 heteroatoms. The fourth-order valence-electron chi connectivity index (χ4n) is 3.12. The summed E-state index contributed by atoms with van der Waals surface area (Å²) in [5, 5.41) is 9.55. The lowest BCUT2D eigenvalue weighted by Gasteiger charge is -2.38. The molecule has 0 aliphatic carbocycles. The molecule has 1 N–H and O–H groups in total. The summed E-state index contributed by atoms with van der Waals surface area (Å²) in [5.41, 5.74) is -0.640. The Bertz CT molecular complexity index is 567. The maximum Gasteiger partial charge on any atom is 0.416 e. The SMILES string of the molecule is CC(C)CN1CCN(C(C(=O)O)c2cccc(C(F)(F)F)c2)CC1.